The minimum atomic E-state index is -0.890. The van der Waals surface area contributed by atoms with Crippen molar-refractivity contribution in [2.45, 2.75) is 13.3 Å². The van der Waals surface area contributed by atoms with Crippen molar-refractivity contribution in [1.29, 1.82) is 0 Å². The Labute approximate surface area is 215 Å². The first-order chi connectivity index (χ1) is 16.8. The number of aryl methyl sites for hydroxylation is 1. The van der Waals surface area contributed by atoms with E-state index >= 15 is 0 Å². The van der Waals surface area contributed by atoms with Gasteiger partial charge in [-0.05, 0) is 66.9 Å². The summed E-state index contributed by atoms with van der Waals surface area (Å²) in [6, 6.07) is 21.7. The Morgan fingerprint density at radius 2 is 1.71 bits per heavy atom. The quantitative estimate of drug-likeness (QED) is 0.292. The predicted octanol–water partition coefficient (Wildman–Crippen LogP) is 5.05. The van der Waals surface area contributed by atoms with E-state index in [4.69, 9.17) is 11.6 Å². The second kappa shape index (κ2) is 10.8. The molecule has 9 heteroatoms. The summed E-state index contributed by atoms with van der Waals surface area (Å²) in [5, 5.41) is 6.56. The van der Waals surface area contributed by atoms with Crippen LogP contribution in [0, 0.1) is 6.92 Å². The monoisotopic (exact) mass is 552 g/mol. The van der Waals surface area contributed by atoms with Crippen LogP contribution in [0.5, 0.6) is 0 Å². The Bertz CT molecular complexity index is 1420. The molecular formula is C26H22BrClN4O3. The summed E-state index contributed by atoms with van der Waals surface area (Å²) in [7, 11) is 0. The van der Waals surface area contributed by atoms with Crippen LogP contribution in [0.3, 0.4) is 0 Å². The van der Waals surface area contributed by atoms with Crippen LogP contribution >= 0.6 is 27.5 Å². The zero-order valence-corrected chi connectivity index (χ0v) is 21.1. The molecule has 0 fully saturated rings. The van der Waals surface area contributed by atoms with Gasteiger partial charge in [-0.2, -0.15) is 0 Å². The lowest BCUT2D eigenvalue weighted by Crippen LogP contribution is -2.40. The lowest BCUT2D eigenvalue weighted by atomic mass is 10.1. The lowest BCUT2D eigenvalue weighted by molar-refractivity contribution is -0.136. The highest BCUT2D eigenvalue weighted by Gasteiger charge is 2.21. The van der Waals surface area contributed by atoms with Gasteiger partial charge in [0, 0.05) is 27.1 Å². The largest absolute Gasteiger partial charge is 0.347 e. The van der Waals surface area contributed by atoms with Gasteiger partial charge in [0.2, 0.25) is 0 Å². The Morgan fingerprint density at radius 3 is 2.46 bits per heavy atom. The maximum Gasteiger partial charge on any atom is 0.328 e. The Hall–Kier alpha value is -3.62. The fourth-order valence-electron chi connectivity index (χ4n) is 3.59. The van der Waals surface area contributed by atoms with Crippen molar-refractivity contribution >= 4 is 61.8 Å². The van der Waals surface area contributed by atoms with Crippen molar-refractivity contribution in [3.8, 4) is 0 Å². The topological polar surface area (TPSA) is 92.2 Å². The van der Waals surface area contributed by atoms with Gasteiger partial charge >= 0.3 is 11.8 Å². The molecule has 35 heavy (non-hydrogen) atoms. The maximum atomic E-state index is 13.1. The molecule has 0 spiro atoms. The van der Waals surface area contributed by atoms with Crippen molar-refractivity contribution in [3.05, 3.63) is 99.1 Å². The number of amides is 3. The molecule has 0 aliphatic rings. The molecule has 0 unspecified atom stereocenters. The van der Waals surface area contributed by atoms with Crippen LogP contribution < -0.4 is 16.1 Å². The number of hydrogen-bond donors (Lipinski definition) is 3. The van der Waals surface area contributed by atoms with Gasteiger partial charge in [-0.15, -0.1) is 0 Å². The highest BCUT2D eigenvalue weighted by molar-refractivity contribution is 9.10. The van der Waals surface area contributed by atoms with E-state index in [1.807, 2.05) is 49.4 Å². The molecule has 0 saturated heterocycles. The molecule has 1 aromatic heterocycles. The maximum absolute atomic E-state index is 13.1. The summed E-state index contributed by atoms with van der Waals surface area (Å²) in [5.41, 5.74) is 5.81. The van der Waals surface area contributed by atoms with Gasteiger partial charge in [0.1, 0.15) is 5.69 Å². The van der Waals surface area contributed by atoms with Crippen molar-refractivity contribution < 1.29 is 14.4 Å². The van der Waals surface area contributed by atoms with Crippen LogP contribution in [0.4, 0.5) is 5.69 Å². The molecule has 3 N–H and O–H groups in total. The van der Waals surface area contributed by atoms with Crippen LogP contribution in [0.25, 0.3) is 10.9 Å². The number of halogens is 2. The van der Waals surface area contributed by atoms with Gasteiger partial charge in [0.15, 0.2) is 0 Å². The average molecular weight is 554 g/mol. The number of nitrogens with zero attached hydrogens (tertiary/aromatic N) is 1. The molecule has 4 aromatic rings. The molecule has 0 aliphatic heterocycles. The number of aromatic nitrogens is 1. The van der Waals surface area contributed by atoms with E-state index in [9.17, 15) is 14.4 Å². The Morgan fingerprint density at radius 1 is 0.943 bits per heavy atom. The van der Waals surface area contributed by atoms with Gasteiger partial charge in [0.05, 0.1) is 5.52 Å². The van der Waals surface area contributed by atoms with E-state index in [0.29, 0.717) is 34.6 Å². The molecule has 7 nitrogen and oxygen atoms in total. The number of carbonyl (C=O) groups is 3. The van der Waals surface area contributed by atoms with Gasteiger partial charge in [0.25, 0.3) is 5.91 Å². The highest BCUT2D eigenvalue weighted by Crippen LogP contribution is 2.25. The van der Waals surface area contributed by atoms with Gasteiger partial charge in [-0.1, -0.05) is 57.9 Å². The lowest BCUT2D eigenvalue weighted by Gasteiger charge is -2.13. The molecule has 4 rings (SSSR count). The van der Waals surface area contributed by atoms with Gasteiger partial charge in [-0.3, -0.25) is 19.8 Å². The second-order valence-corrected chi connectivity index (χ2v) is 9.21. The third-order valence-corrected chi connectivity index (χ3v) is 6.50. The van der Waals surface area contributed by atoms with Crippen LogP contribution in [0.15, 0.2) is 77.3 Å². The number of benzene rings is 3. The minimum absolute atomic E-state index is 0.147. The van der Waals surface area contributed by atoms with Crippen LogP contribution in [-0.4, -0.2) is 28.9 Å². The number of nitrogens with one attached hydrogen (secondary N) is 3. The third kappa shape index (κ3) is 5.90. The van der Waals surface area contributed by atoms with Crippen molar-refractivity contribution in [1.82, 2.24) is 9.99 Å². The number of carbonyl (C=O) groups excluding carboxylic acids is 3. The van der Waals surface area contributed by atoms with E-state index in [0.717, 1.165) is 15.6 Å². The summed E-state index contributed by atoms with van der Waals surface area (Å²) in [5.74, 6) is -2.14. The zero-order valence-electron chi connectivity index (χ0n) is 18.8. The normalized spacial score (nSPS) is 10.7. The van der Waals surface area contributed by atoms with E-state index in [1.54, 1.807) is 30.3 Å². The summed E-state index contributed by atoms with van der Waals surface area (Å²) in [4.78, 5) is 38.2. The SMILES string of the molecule is Cc1cc(NC(=O)c2cc3cc(Cl)ccc3n2NC(=O)C(=O)NCCc2ccccc2)ccc1Br. The Balaban J connectivity index is 1.53. The van der Waals surface area contributed by atoms with E-state index in [-0.39, 0.29) is 5.69 Å². The average Bonchev–Trinajstić information content (AvgIpc) is 3.19. The van der Waals surface area contributed by atoms with Crippen LogP contribution in [0.2, 0.25) is 5.02 Å². The van der Waals surface area contributed by atoms with Crippen LogP contribution in [0.1, 0.15) is 21.6 Å². The molecule has 0 saturated carbocycles. The van der Waals surface area contributed by atoms with Crippen molar-refractivity contribution in [2.75, 3.05) is 17.3 Å². The molecule has 0 atom stereocenters. The van der Waals surface area contributed by atoms with Crippen LogP contribution in [-0.2, 0) is 16.0 Å². The molecule has 0 aliphatic carbocycles. The third-order valence-electron chi connectivity index (χ3n) is 5.37. The highest BCUT2D eigenvalue weighted by atomic mass is 79.9. The number of rotatable bonds is 6. The number of anilines is 1. The molecule has 0 bridgehead atoms. The molecule has 178 valence electrons. The summed E-state index contributed by atoms with van der Waals surface area (Å²) < 4.78 is 2.22. The van der Waals surface area contributed by atoms with E-state index in [2.05, 4.69) is 32.0 Å². The number of hydrogen-bond acceptors (Lipinski definition) is 3. The van der Waals surface area contributed by atoms with E-state index < -0.39 is 17.7 Å². The van der Waals surface area contributed by atoms with Crippen molar-refractivity contribution in [2.24, 2.45) is 0 Å². The fraction of sp³-hybridized carbons (Fsp3) is 0.115. The van der Waals surface area contributed by atoms with Gasteiger partial charge in [-0.25, -0.2) is 4.68 Å². The predicted molar refractivity (Wildman–Crippen MR) is 141 cm³/mol. The Kier molecular flexibility index (Phi) is 7.53. The zero-order chi connectivity index (χ0) is 24.9. The first-order valence-electron chi connectivity index (χ1n) is 10.8. The molecule has 3 amide bonds. The van der Waals surface area contributed by atoms with Crippen molar-refractivity contribution in [3.63, 3.8) is 0 Å². The van der Waals surface area contributed by atoms with E-state index in [1.165, 1.54) is 4.68 Å². The summed E-state index contributed by atoms with van der Waals surface area (Å²) in [6.07, 6.45) is 0.588. The fourth-order valence-corrected chi connectivity index (χ4v) is 4.02. The molecule has 3 aromatic carbocycles. The minimum Gasteiger partial charge on any atom is -0.347 e. The summed E-state index contributed by atoms with van der Waals surface area (Å²) in [6.45, 7) is 2.21. The molecule has 0 radical (unpaired) electrons. The standard InChI is InChI=1S/C26H22BrClN4O3/c1-16-13-20(8-9-21(16)27)30-24(33)23-15-18-14-19(28)7-10-22(18)32(23)31-26(35)25(34)29-12-11-17-5-3-2-4-6-17/h2-10,13-15H,11-12H2,1H3,(H,29,34)(H,30,33)(H,31,35). The van der Waals surface area contributed by atoms with Gasteiger partial charge < -0.3 is 10.6 Å². The second-order valence-electron chi connectivity index (χ2n) is 7.92. The molecule has 1 heterocycles. The first-order valence-corrected chi connectivity index (χ1v) is 12.0. The first kappa shape index (κ1) is 24.5. The summed E-state index contributed by atoms with van der Waals surface area (Å²) >= 11 is 9.56. The molecular weight excluding hydrogens is 532 g/mol. The number of fused-ring (bicyclic) bond motifs is 1. The smallest absolute Gasteiger partial charge is 0.328 e.